The normalized spacial score (nSPS) is 19.7. The summed E-state index contributed by atoms with van der Waals surface area (Å²) >= 11 is 2.21. The molecule has 0 unspecified atom stereocenters. The first kappa shape index (κ1) is 34.7. The third kappa shape index (κ3) is 8.24. The monoisotopic (exact) mass is 604 g/mol. The van der Waals surface area contributed by atoms with Crippen LogP contribution in [0.1, 0.15) is 68.5 Å². The number of carbonyl (C=O) groups is 4. The van der Waals surface area contributed by atoms with Crippen molar-refractivity contribution in [1.29, 1.82) is 0 Å². The summed E-state index contributed by atoms with van der Waals surface area (Å²) in [6, 6.07) is 0. The van der Waals surface area contributed by atoms with E-state index in [1.807, 2.05) is 9.80 Å². The van der Waals surface area contributed by atoms with Crippen molar-refractivity contribution in [3.8, 4) is 0 Å². The van der Waals surface area contributed by atoms with Gasteiger partial charge in [-0.25, -0.2) is 9.97 Å². The Bertz CT molecular complexity index is 1140. The van der Waals surface area contributed by atoms with Crippen molar-refractivity contribution in [3.63, 3.8) is 0 Å². The van der Waals surface area contributed by atoms with E-state index < -0.39 is 11.9 Å². The fourth-order valence-corrected chi connectivity index (χ4v) is 6.66. The van der Waals surface area contributed by atoms with Crippen molar-refractivity contribution in [2.24, 2.45) is 11.8 Å². The molecule has 2 aromatic heterocycles. The van der Waals surface area contributed by atoms with Gasteiger partial charge in [-0.3, -0.25) is 9.59 Å². The predicted octanol–water partition coefficient (Wildman–Crippen LogP) is -6.27. The molecule has 0 saturated carbocycles. The number of piperidine rings is 2. The van der Waals surface area contributed by atoms with Crippen LogP contribution in [0.5, 0.6) is 0 Å². The molecule has 0 atom stereocenters. The van der Waals surface area contributed by atoms with Gasteiger partial charge in [0.15, 0.2) is 0 Å². The number of hydrogen-bond acceptors (Lipinski definition) is 12. The standard InChI is InChI=1S/2C13H16N2O4S.2Li/c2*16-12(9-5-19-6-9)15-3-1-8(2-4-15)10-7-20-11(14-10)13(17)18;;/h2*7-9H,1-6H2,(H,17,18);;/q;;2*+1/p-2. The summed E-state index contributed by atoms with van der Waals surface area (Å²) in [5.74, 6) is -1.53. The number of ether oxygens (including phenoxy) is 2. The quantitative estimate of drug-likeness (QED) is 0.290. The zero-order valence-corrected chi connectivity index (χ0v) is 25.5. The molecule has 4 fully saturated rings. The van der Waals surface area contributed by atoms with Gasteiger partial charge < -0.3 is 39.1 Å². The molecule has 42 heavy (non-hydrogen) atoms. The number of carbonyl (C=O) groups excluding carboxylic acids is 4. The van der Waals surface area contributed by atoms with Crippen LogP contribution in [0.2, 0.25) is 0 Å². The van der Waals surface area contributed by atoms with Gasteiger partial charge in [-0.15, -0.1) is 22.7 Å². The maximum atomic E-state index is 12.1. The van der Waals surface area contributed by atoms with E-state index in [9.17, 15) is 29.4 Å². The minimum Gasteiger partial charge on any atom is -0.542 e. The Kier molecular flexibility index (Phi) is 13.1. The first-order valence-corrected chi connectivity index (χ1v) is 15.1. The fraction of sp³-hybridized carbons (Fsp3) is 0.615. The second-order valence-electron chi connectivity index (χ2n) is 10.4. The molecule has 0 aromatic carbocycles. The van der Waals surface area contributed by atoms with Crippen LogP contribution in [-0.4, -0.2) is 96.1 Å². The number of thiazole rings is 2. The van der Waals surface area contributed by atoms with Crippen LogP contribution in [0.15, 0.2) is 10.8 Å². The molecular formula is C26H30Li2N4O8S2. The molecule has 2 aromatic rings. The maximum absolute atomic E-state index is 12.1. The van der Waals surface area contributed by atoms with Crippen LogP contribution in [0, 0.1) is 11.8 Å². The van der Waals surface area contributed by atoms with Crippen LogP contribution in [0.3, 0.4) is 0 Å². The molecule has 0 radical (unpaired) electrons. The number of aromatic nitrogens is 2. The predicted molar refractivity (Wildman–Crippen MR) is 139 cm³/mol. The van der Waals surface area contributed by atoms with Gasteiger partial charge >= 0.3 is 37.7 Å². The zero-order valence-electron chi connectivity index (χ0n) is 23.8. The van der Waals surface area contributed by atoms with E-state index in [0.29, 0.717) is 52.6 Å². The maximum Gasteiger partial charge on any atom is 1.00 e. The number of carboxylic acids is 2. The van der Waals surface area contributed by atoms with Crippen molar-refractivity contribution < 1.29 is 76.6 Å². The average Bonchev–Trinajstić information content (AvgIpc) is 3.58. The second kappa shape index (κ2) is 15.8. The van der Waals surface area contributed by atoms with Gasteiger partial charge in [0.2, 0.25) is 11.8 Å². The molecule has 4 aliphatic heterocycles. The van der Waals surface area contributed by atoms with Crippen molar-refractivity contribution in [3.05, 3.63) is 32.2 Å². The average molecular weight is 605 g/mol. The molecule has 16 heteroatoms. The molecular weight excluding hydrogens is 574 g/mol. The third-order valence-corrected chi connectivity index (χ3v) is 9.50. The van der Waals surface area contributed by atoms with Gasteiger partial charge in [0.1, 0.15) is 22.0 Å². The third-order valence-electron chi connectivity index (χ3n) is 7.82. The summed E-state index contributed by atoms with van der Waals surface area (Å²) in [6.45, 7) is 4.99. The van der Waals surface area contributed by atoms with Crippen LogP contribution in [-0.2, 0) is 19.1 Å². The van der Waals surface area contributed by atoms with E-state index in [4.69, 9.17) is 9.47 Å². The van der Waals surface area contributed by atoms with Crippen molar-refractivity contribution in [1.82, 2.24) is 19.8 Å². The Hall–Kier alpha value is -1.75. The van der Waals surface area contributed by atoms with Crippen LogP contribution >= 0.6 is 22.7 Å². The van der Waals surface area contributed by atoms with Gasteiger partial charge in [-0.2, -0.15) is 0 Å². The van der Waals surface area contributed by atoms with E-state index in [0.717, 1.165) is 59.7 Å². The Balaban J connectivity index is 0.000000220. The fourth-order valence-electron chi connectivity index (χ4n) is 5.20. The molecule has 6 heterocycles. The molecule has 6 rings (SSSR count). The Morgan fingerprint density at radius 2 is 1.00 bits per heavy atom. The minimum absolute atomic E-state index is 0. The molecule has 0 spiro atoms. The van der Waals surface area contributed by atoms with Crippen LogP contribution < -0.4 is 47.9 Å². The van der Waals surface area contributed by atoms with E-state index in [1.165, 1.54) is 0 Å². The van der Waals surface area contributed by atoms with E-state index in [2.05, 4.69) is 9.97 Å². The number of aromatic carboxylic acids is 2. The summed E-state index contributed by atoms with van der Waals surface area (Å²) in [5.41, 5.74) is 1.63. The van der Waals surface area contributed by atoms with E-state index >= 15 is 0 Å². The molecule has 4 aliphatic rings. The summed E-state index contributed by atoms with van der Waals surface area (Å²) in [4.78, 5) is 57.5. The number of likely N-dealkylation sites (tertiary alicyclic amines) is 2. The van der Waals surface area contributed by atoms with Gasteiger partial charge in [0.25, 0.3) is 0 Å². The Labute approximate surface area is 275 Å². The minimum atomic E-state index is -1.22. The summed E-state index contributed by atoms with van der Waals surface area (Å²) in [5, 5.41) is 25.1. The molecule has 4 saturated heterocycles. The molecule has 2 amide bonds. The SMILES string of the molecule is O=C([O-])c1nc(C2CCN(C(=O)C3COC3)CC2)cs1.O=C([O-])c1nc(C2CCN(C(=O)C3COC3)CC2)cs1.[Li+].[Li+]. The number of nitrogens with zero attached hydrogens (tertiary/aromatic N) is 4. The first-order valence-electron chi connectivity index (χ1n) is 13.4. The van der Waals surface area contributed by atoms with Gasteiger partial charge in [0.05, 0.1) is 49.7 Å². The Morgan fingerprint density at radius 3 is 1.24 bits per heavy atom. The number of amides is 2. The molecule has 216 valence electrons. The first-order chi connectivity index (χ1) is 19.3. The van der Waals surface area contributed by atoms with E-state index in [-0.39, 0.29) is 83.2 Å². The zero-order chi connectivity index (χ0) is 28.2. The van der Waals surface area contributed by atoms with Crippen LogP contribution in [0.4, 0.5) is 0 Å². The van der Waals surface area contributed by atoms with E-state index in [1.54, 1.807) is 10.8 Å². The topological polar surface area (TPSA) is 165 Å². The second-order valence-corrected chi connectivity index (χ2v) is 12.1. The van der Waals surface area contributed by atoms with Crippen LogP contribution in [0.25, 0.3) is 0 Å². The summed E-state index contributed by atoms with van der Waals surface area (Å²) in [7, 11) is 0. The Morgan fingerprint density at radius 1 is 0.667 bits per heavy atom. The van der Waals surface area contributed by atoms with Crippen molar-refractivity contribution in [2.45, 2.75) is 37.5 Å². The molecule has 0 N–H and O–H groups in total. The molecule has 12 nitrogen and oxygen atoms in total. The van der Waals surface area contributed by atoms with Gasteiger partial charge in [0, 0.05) is 48.8 Å². The smallest absolute Gasteiger partial charge is 0.542 e. The number of hydrogen-bond donors (Lipinski definition) is 0. The summed E-state index contributed by atoms with van der Waals surface area (Å²) in [6.07, 6.45) is 3.32. The molecule has 0 aliphatic carbocycles. The largest absolute Gasteiger partial charge is 1.00 e. The number of carboxylic acid groups (broad SMARTS) is 2. The van der Waals surface area contributed by atoms with Crippen molar-refractivity contribution >= 4 is 46.4 Å². The van der Waals surface area contributed by atoms with Gasteiger partial charge in [-0.1, -0.05) is 0 Å². The molecule has 0 bridgehead atoms. The van der Waals surface area contributed by atoms with Gasteiger partial charge in [-0.05, 0) is 25.7 Å². The van der Waals surface area contributed by atoms with Crippen molar-refractivity contribution in [2.75, 3.05) is 52.6 Å². The number of rotatable bonds is 6. The summed E-state index contributed by atoms with van der Waals surface area (Å²) < 4.78 is 10.1.